The van der Waals surface area contributed by atoms with Gasteiger partial charge in [0, 0.05) is 5.02 Å². The van der Waals surface area contributed by atoms with Crippen molar-refractivity contribution in [1.82, 2.24) is 0 Å². The summed E-state index contributed by atoms with van der Waals surface area (Å²) in [4.78, 5) is 12.9. The van der Waals surface area contributed by atoms with Crippen molar-refractivity contribution in [2.24, 2.45) is 0 Å². The van der Waals surface area contributed by atoms with Crippen LogP contribution in [0.2, 0.25) is 5.02 Å². The van der Waals surface area contributed by atoms with Crippen LogP contribution in [0.25, 0.3) is 0 Å². The molecular formula is C13H9Cl2NO. The summed E-state index contributed by atoms with van der Waals surface area (Å²) < 4.78 is 0. The van der Waals surface area contributed by atoms with Crippen LogP contribution in [-0.2, 0) is 0 Å². The maximum absolute atomic E-state index is 11.5. The summed E-state index contributed by atoms with van der Waals surface area (Å²) in [5.41, 5.74) is 1.40. The molecule has 0 aliphatic rings. The van der Waals surface area contributed by atoms with E-state index in [1.165, 1.54) is 4.90 Å². The molecule has 86 valence electrons. The van der Waals surface area contributed by atoms with Gasteiger partial charge in [-0.1, -0.05) is 29.8 Å². The second kappa shape index (κ2) is 5.21. The SMILES string of the molecule is O=C(Cl)N(c1ccccc1)c1ccc(Cl)cc1. The van der Waals surface area contributed by atoms with Crippen molar-refractivity contribution >= 4 is 39.9 Å². The Bertz CT molecular complexity index is 511. The highest BCUT2D eigenvalue weighted by Crippen LogP contribution is 2.27. The van der Waals surface area contributed by atoms with Gasteiger partial charge in [0.1, 0.15) is 0 Å². The van der Waals surface area contributed by atoms with Crippen molar-refractivity contribution in [3.8, 4) is 0 Å². The van der Waals surface area contributed by atoms with E-state index < -0.39 is 5.37 Å². The van der Waals surface area contributed by atoms with Gasteiger partial charge in [0.2, 0.25) is 0 Å². The monoisotopic (exact) mass is 265 g/mol. The number of amides is 1. The second-order valence-electron chi connectivity index (χ2n) is 3.40. The molecule has 0 unspecified atom stereocenters. The highest BCUT2D eigenvalue weighted by molar-refractivity contribution is 6.66. The summed E-state index contributed by atoms with van der Waals surface area (Å²) in [6, 6.07) is 16.1. The molecule has 0 fully saturated rings. The Kier molecular flexibility index (Phi) is 3.67. The lowest BCUT2D eigenvalue weighted by molar-refractivity contribution is 0.266. The fourth-order valence-corrected chi connectivity index (χ4v) is 1.84. The van der Waals surface area contributed by atoms with Gasteiger partial charge in [-0.25, -0.2) is 0 Å². The Morgan fingerprint density at radius 3 is 1.94 bits per heavy atom. The van der Waals surface area contributed by atoms with E-state index in [1.807, 2.05) is 30.3 Å². The number of benzene rings is 2. The van der Waals surface area contributed by atoms with Crippen LogP contribution in [0.15, 0.2) is 54.6 Å². The Hall–Kier alpha value is -1.51. The van der Waals surface area contributed by atoms with Crippen molar-refractivity contribution < 1.29 is 4.79 Å². The third kappa shape index (κ3) is 2.78. The molecule has 2 aromatic carbocycles. The minimum atomic E-state index is -0.557. The zero-order valence-electron chi connectivity index (χ0n) is 8.81. The average molecular weight is 266 g/mol. The van der Waals surface area contributed by atoms with Crippen molar-refractivity contribution in [2.75, 3.05) is 4.90 Å². The van der Waals surface area contributed by atoms with E-state index in [4.69, 9.17) is 23.2 Å². The lowest BCUT2D eigenvalue weighted by Crippen LogP contribution is -2.19. The molecule has 0 saturated heterocycles. The maximum atomic E-state index is 11.5. The van der Waals surface area contributed by atoms with Crippen LogP contribution in [0.3, 0.4) is 0 Å². The minimum absolute atomic E-state index is 0.557. The van der Waals surface area contributed by atoms with Gasteiger partial charge in [-0.2, -0.15) is 0 Å². The Labute approximate surface area is 109 Å². The molecule has 2 rings (SSSR count). The van der Waals surface area contributed by atoms with Crippen LogP contribution in [0.5, 0.6) is 0 Å². The normalized spacial score (nSPS) is 10.0. The lowest BCUT2D eigenvalue weighted by Gasteiger charge is -2.19. The molecule has 0 heterocycles. The van der Waals surface area contributed by atoms with E-state index >= 15 is 0 Å². The summed E-state index contributed by atoms with van der Waals surface area (Å²) in [5, 5.41) is 0.0577. The van der Waals surface area contributed by atoms with Gasteiger partial charge in [-0.15, -0.1) is 0 Å². The molecule has 0 spiro atoms. The number of rotatable bonds is 2. The fraction of sp³-hybridized carbons (Fsp3) is 0. The Balaban J connectivity index is 2.43. The van der Waals surface area contributed by atoms with Crippen LogP contribution in [0, 0.1) is 0 Å². The van der Waals surface area contributed by atoms with Crippen molar-refractivity contribution in [1.29, 1.82) is 0 Å². The molecule has 0 radical (unpaired) electrons. The number of carbonyl (C=O) groups excluding carboxylic acids is 1. The molecular weight excluding hydrogens is 257 g/mol. The smallest absolute Gasteiger partial charge is 0.268 e. The van der Waals surface area contributed by atoms with Crippen LogP contribution in [0.4, 0.5) is 16.2 Å². The van der Waals surface area contributed by atoms with Crippen LogP contribution >= 0.6 is 23.2 Å². The standard InChI is InChI=1S/C13H9Cl2NO/c14-10-6-8-12(9-7-10)16(13(15)17)11-4-2-1-3-5-11/h1-9H. The largest absolute Gasteiger partial charge is 0.325 e. The van der Waals surface area contributed by atoms with Crippen LogP contribution < -0.4 is 4.90 Å². The number of hydrogen-bond donors (Lipinski definition) is 0. The molecule has 0 saturated carbocycles. The first-order valence-corrected chi connectivity index (χ1v) is 5.74. The maximum Gasteiger partial charge on any atom is 0.325 e. The van der Waals surface area contributed by atoms with Crippen LogP contribution in [0.1, 0.15) is 0 Å². The predicted molar refractivity (Wildman–Crippen MR) is 71.3 cm³/mol. The molecule has 0 bridgehead atoms. The van der Waals surface area contributed by atoms with E-state index in [0.717, 1.165) is 5.69 Å². The molecule has 17 heavy (non-hydrogen) atoms. The summed E-state index contributed by atoms with van der Waals surface area (Å²) in [5.74, 6) is 0. The van der Waals surface area contributed by atoms with Gasteiger partial charge >= 0.3 is 5.37 Å². The van der Waals surface area contributed by atoms with E-state index in [2.05, 4.69) is 0 Å². The topological polar surface area (TPSA) is 20.3 Å². The molecule has 4 heteroatoms. The molecule has 0 aromatic heterocycles. The van der Waals surface area contributed by atoms with Gasteiger partial charge in [0.15, 0.2) is 0 Å². The highest BCUT2D eigenvalue weighted by atomic mass is 35.5. The molecule has 1 amide bonds. The number of halogens is 2. The number of anilines is 2. The summed E-state index contributed by atoms with van der Waals surface area (Å²) in [7, 11) is 0. The molecule has 2 aromatic rings. The average Bonchev–Trinajstić information content (AvgIpc) is 2.33. The van der Waals surface area contributed by atoms with Crippen molar-refractivity contribution in [3.63, 3.8) is 0 Å². The van der Waals surface area contributed by atoms with E-state index in [-0.39, 0.29) is 0 Å². The van der Waals surface area contributed by atoms with Crippen molar-refractivity contribution in [3.05, 3.63) is 59.6 Å². The summed E-state index contributed by atoms with van der Waals surface area (Å²) in [6.07, 6.45) is 0. The van der Waals surface area contributed by atoms with Gasteiger partial charge in [0.05, 0.1) is 11.4 Å². The zero-order valence-corrected chi connectivity index (χ0v) is 10.3. The first kappa shape index (κ1) is 12.0. The van der Waals surface area contributed by atoms with Crippen molar-refractivity contribution in [2.45, 2.75) is 0 Å². The molecule has 0 atom stereocenters. The number of nitrogens with zero attached hydrogens (tertiary/aromatic N) is 1. The molecule has 0 aliphatic heterocycles. The quantitative estimate of drug-likeness (QED) is 0.562. The summed E-state index contributed by atoms with van der Waals surface area (Å²) in [6.45, 7) is 0. The molecule has 0 aliphatic carbocycles. The van der Waals surface area contributed by atoms with E-state index in [9.17, 15) is 4.79 Å². The fourth-order valence-electron chi connectivity index (χ4n) is 1.52. The highest BCUT2D eigenvalue weighted by Gasteiger charge is 2.14. The third-order valence-electron chi connectivity index (χ3n) is 2.28. The molecule has 0 N–H and O–H groups in total. The predicted octanol–water partition coefficient (Wildman–Crippen LogP) is 4.84. The first-order valence-electron chi connectivity index (χ1n) is 4.98. The first-order chi connectivity index (χ1) is 8.18. The number of carbonyl (C=O) groups is 1. The van der Waals surface area contributed by atoms with Gasteiger partial charge in [-0.3, -0.25) is 9.69 Å². The zero-order chi connectivity index (χ0) is 12.3. The van der Waals surface area contributed by atoms with E-state index in [1.54, 1.807) is 24.3 Å². The number of para-hydroxylation sites is 1. The van der Waals surface area contributed by atoms with Crippen LogP contribution in [-0.4, -0.2) is 5.37 Å². The Morgan fingerprint density at radius 2 is 1.41 bits per heavy atom. The van der Waals surface area contributed by atoms with E-state index in [0.29, 0.717) is 10.7 Å². The molecule has 2 nitrogen and oxygen atoms in total. The second-order valence-corrected chi connectivity index (χ2v) is 4.16. The van der Waals surface area contributed by atoms with Gasteiger partial charge in [-0.05, 0) is 48.0 Å². The Morgan fingerprint density at radius 1 is 0.882 bits per heavy atom. The minimum Gasteiger partial charge on any atom is -0.268 e. The third-order valence-corrected chi connectivity index (χ3v) is 2.70. The lowest BCUT2D eigenvalue weighted by atomic mass is 10.2. The van der Waals surface area contributed by atoms with Gasteiger partial charge < -0.3 is 0 Å². The number of hydrogen-bond acceptors (Lipinski definition) is 1. The van der Waals surface area contributed by atoms with Gasteiger partial charge in [0.25, 0.3) is 0 Å². The summed E-state index contributed by atoms with van der Waals surface area (Å²) >= 11 is 11.4.